The molecule has 2 fully saturated rings. The molecule has 5 heteroatoms. The predicted molar refractivity (Wildman–Crippen MR) is 52.0 cm³/mol. The average molecular weight is 217 g/mol. The molecule has 0 spiro atoms. The third-order valence-corrected chi connectivity index (χ3v) is 4.82. The topological polar surface area (TPSA) is 63.2 Å². The second-order valence-corrected chi connectivity index (χ2v) is 6.18. The van der Waals surface area contributed by atoms with Crippen LogP contribution in [0.5, 0.6) is 0 Å². The van der Waals surface area contributed by atoms with Gasteiger partial charge >= 0.3 is 0 Å². The molecule has 0 aromatic heterocycles. The molecule has 1 N–H and O–H groups in total. The summed E-state index contributed by atoms with van der Waals surface area (Å²) < 4.78 is 25.0. The summed E-state index contributed by atoms with van der Waals surface area (Å²) in [6, 6.07) is 0. The largest absolute Gasteiger partial charge is 0.274 e. The zero-order valence-electron chi connectivity index (χ0n) is 8.19. The number of carbonyl (C=O) groups excluding carboxylic acids is 1. The van der Waals surface area contributed by atoms with Crippen molar-refractivity contribution < 1.29 is 13.2 Å². The Hall–Kier alpha value is -0.580. The summed E-state index contributed by atoms with van der Waals surface area (Å²) in [5.41, 5.74) is 0. The second-order valence-electron chi connectivity index (χ2n) is 4.22. The summed E-state index contributed by atoms with van der Waals surface area (Å²) in [7, 11) is -3.32. The Labute approximate surface area is 84.1 Å². The first-order valence-electron chi connectivity index (χ1n) is 5.10. The van der Waals surface area contributed by atoms with Crippen LogP contribution < -0.4 is 4.72 Å². The van der Waals surface area contributed by atoms with E-state index in [1.54, 1.807) is 0 Å². The lowest BCUT2D eigenvalue weighted by Gasteiger charge is -2.04. The Morgan fingerprint density at radius 1 is 1.43 bits per heavy atom. The number of amides is 1. The SMILES string of the molecule is CCC1CC1C(=O)NS(=O)(=O)C1CC1. The Morgan fingerprint density at radius 2 is 2.07 bits per heavy atom. The maximum absolute atomic E-state index is 11.4. The summed E-state index contributed by atoms with van der Waals surface area (Å²) >= 11 is 0. The van der Waals surface area contributed by atoms with Crippen molar-refractivity contribution in [2.45, 2.75) is 37.9 Å². The van der Waals surface area contributed by atoms with E-state index in [-0.39, 0.29) is 17.1 Å². The molecule has 2 rings (SSSR count). The van der Waals surface area contributed by atoms with Crippen LogP contribution in [-0.4, -0.2) is 19.6 Å². The molecule has 0 heterocycles. The van der Waals surface area contributed by atoms with Crippen molar-refractivity contribution in [3.63, 3.8) is 0 Å². The number of hydrogen-bond acceptors (Lipinski definition) is 3. The summed E-state index contributed by atoms with van der Waals surface area (Å²) in [6.07, 6.45) is 3.21. The van der Waals surface area contributed by atoms with Crippen LogP contribution in [0.25, 0.3) is 0 Å². The van der Waals surface area contributed by atoms with Crippen LogP contribution in [0.15, 0.2) is 0 Å². The molecule has 0 bridgehead atoms. The van der Waals surface area contributed by atoms with E-state index in [1.807, 2.05) is 6.92 Å². The zero-order chi connectivity index (χ0) is 10.3. The maximum atomic E-state index is 11.4. The van der Waals surface area contributed by atoms with Gasteiger partial charge in [-0.1, -0.05) is 13.3 Å². The van der Waals surface area contributed by atoms with Crippen LogP contribution in [0.1, 0.15) is 32.6 Å². The van der Waals surface area contributed by atoms with Gasteiger partial charge in [-0.3, -0.25) is 9.52 Å². The average Bonchev–Trinajstić information content (AvgIpc) is 2.98. The monoisotopic (exact) mass is 217 g/mol. The number of sulfonamides is 1. The summed E-state index contributed by atoms with van der Waals surface area (Å²) in [6.45, 7) is 2.02. The minimum absolute atomic E-state index is 0.0477. The number of hydrogen-bond donors (Lipinski definition) is 1. The molecular weight excluding hydrogens is 202 g/mol. The van der Waals surface area contributed by atoms with E-state index in [9.17, 15) is 13.2 Å². The quantitative estimate of drug-likeness (QED) is 0.751. The molecule has 2 aliphatic carbocycles. The Balaban J connectivity index is 1.89. The van der Waals surface area contributed by atoms with Crippen molar-refractivity contribution in [3.8, 4) is 0 Å². The highest BCUT2D eigenvalue weighted by Crippen LogP contribution is 2.41. The van der Waals surface area contributed by atoms with E-state index in [1.165, 1.54) is 0 Å². The lowest BCUT2D eigenvalue weighted by atomic mass is 10.2. The minimum Gasteiger partial charge on any atom is -0.274 e. The van der Waals surface area contributed by atoms with Crippen LogP contribution in [0.3, 0.4) is 0 Å². The van der Waals surface area contributed by atoms with Crippen molar-refractivity contribution in [3.05, 3.63) is 0 Å². The Morgan fingerprint density at radius 3 is 2.50 bits per heavy atom. The lowest BCUT2D eigenvalue weighted by molar-refractivity contribution is -0.120. The molecule has 2 atom stereocenters. The zero-order valence-corrected chi connectivity index (χ0v) is 9.01. The smallest absolute Gasteiger partial charge is 0.237 e. The van der Waals surface area contributed by atoms with Gasteiger partial charge in [0, 0.05) is 5.92 Å². The highest BCUT2D eigenvalue weighted by atomic mass is 32.2. The standard InChI is InChI=1S/C9H15NO3S/c1-2-6-5-8(6)9(11)10-14(12,13)7-3-4-7/h6-8H,2-5H2,1H3,(H,10,11). The van der Waals surface area contributed by atoms with E-state index in [0.29, 0.717) is 18.8 Å². The molecule has 80 valence electrons. The molecule has 0 saturated heterocycles. The third kappa shape index (κ3) is 1.92. The van der Waals surface area contributed by atoms with Crippen molar-refractivity contribution in [2.75, 3.05) is 0 Å². The van der Waals surface area contributed by atoms with Gasteiger partial charge in [0.1, 0.15) is 0 Å². The molecule has 2 saturated carbocycles. The van der Waals surface area contributed by atoms with Gasteiger partial charge in [-0.2, -0.15) is 0 Å². The summed E-state index contributed by atoms with van der Waals surface area (Å²) in [4.78, 5) is 11.4. The molecule has 0 radical (unpaired) electrons. The predicted octanol–water partition coefficient (Wildman–Crippen LogP) is 0.641. The first kappa shape index (κ1) is 9.96. The van der Waals surface area contributed by atoms with Gasteiger partial charge in [0.25, 0.3) is 0 Å². The highest BCUT2D eigenvalue weighted by Gasteiger charge is 2.45. The molecule has 0 aliphatic heterocycles. The molecule has 4 nitrogen and oxygen atoms in total. The molecule has 2 unspecified atom stereocenters. The summed E-state index contributed by atoms with van der Waals surface area (Å²) in [5.74, 6) is 0.0710. The third-order valence-electron chi connectivity index (χ3n) is 2.99. The van der Waals surface area contributed by atoms with E-state index in [4.69, 9.17) is 0 Å². The fourth-order valence-electron chi connectivity index (χ4n) is 1.70. The van der Waals surface area contributed by atoms with E-state index in [2.05, 4.69) is 4.72 Å². The van der Waals surface area contributed by atoms with Crippen molar-refractivity contribution >= 4 is 15.9 Å². The Bertz CT molecular complexity index is 345. The van der Waals surface area contributed by atoms with Crippen LogP contribution in [-0.2, 0) is 14.8 Å². The lowest BCUT2D eigenvalue weighted by Crippen LogP contribution is -2.34. The van der Waals surface area contributed by atoms with Crippen LogP contribution in [0, 0.1) is 11.8 Å². The number of carbonyl (C=O) groups is 1. The van der Waals surface area contributed by atoms with Gasteiger partial charge in [0.2, 0.25) is 15.9 Å². The van der Waals surface area contributed by atoms with Crippen molar-refractivity contribution in [2.24, 2.45) is 11.8 Å². The molecule has 0 aromatic rings. The van der Waals surface area contributed by atoms with Gasteiger partial charge in [-0.25, -0.2) is 8.42 Å². The number of rotatable bonds is 4. The highest BCUT2D eigenvalue weighted by molar-refractivity contribution is 7.90. The van der Waals surface area contributed by atoms with Crippen LogP contribution in [0.4, 0.5) is 0 Å². The fraction of sp³-hybridized carbons (Fsp3) is 0.889. The van der Waals surface area contributed by atoms with E-state index >= 15 is 0 Å². The molecule has 14 heavy (non-hydrogen) atoms. The van der Waals surface area contributed by atoms with Crippen molar-refractivity contribution in [1.29, 1.82) is 0 Å². The van der Waals surface area contributed by atoms with Gasteiger partial charge < -0.3 is 0 Å². The normalized spacial score (nSPS) is 31.2. The molecule has 0 aromatic carbocycles. The molecular formula is C9H15NO3S. The Kier molecular flexibility index (Phi) is 2.29. The first-order chi connectivity index (χ1) is 6.54. The summed E-state index contributed by atoms with van der Waals surface area (Å²) in [5, 5.41) is -0.301. The fourth-order valence-corrected chi connectivity index (χ4v) is 3.05. The van der Waals surface area contributed by atoms with Crippen LogP contribution >= 0.6 is 0 Å². The van der Waals surface area contributed by atoms with Crippen molar-refractivity contribution in [1.82, 2.24) is 4.72 Å². The van der Waals surface area contributed by atoms with E-state index < -0.39 is 10.0 Å². The van der Waals surface area contributed by atoms with Crippen LogP contribution in [0.2, 0.25) is 0 Å². The molecule has 1 amide bonds. The molecule has 2 aliphatic rings. The van der Waals surface area contributed by atoms with Gasteiger partial charge in [-0.15, -0.1) is 0 Å². The van der Waals surface area contributed by atoms with Gasteiger partial charge in [0.05, 0.1) is 5.25 Å². The first-order valence-corrected chi connectivity index (χ1v) is 6.64. The second kappa shape index (κ2) is 3.22. The number of nitrogens with one attached hydrogen (secondary N) is 1. The van der Waals surface area contributed by atoms with Gasteiger partial charge in [0.15, 0.2) is 0 Å². The maximum Gasteiger partial charge on any atom is 0.237 e. The van der Waals surface area contributed by atoms with E-state index in [0.717, 1.165) is 12.8 Å². The van der Waals surface area contributed by atoms with Gasteiger partial charge in [-0.05, 0) is 25.2 Å². The minimum atomic E-state index is -3.32.